The fourth-order valence-corrected chi connectivity index (χ4v) is 4.15. The average Bonchev–Trinajstić information content (AvgIpc) is 2.92. The summed E-state index contributed by atoms with van der Waals surface area (Å²) in [6, 6.07) is 19.8. The molecule has 0 saturated heterocycles. The molecule has 0 heterocycles. The minimum atomic E-state index is -0.374. The van der Waals surface area contributed by atoms with E-state index in [1.54, 1.807) is 0 Å². The molecule has 37 heavy (non-hydrogen) atoms. The third-order valence-corrected chi connectivity index (χ3v) is 6.30. The highest BCUT2D eigenvalue weighted by atomic mass is 16.6. The zero-order valence-electron chi connectivity index (χ0n) is 22.5. The SMILES string of the molecule is O=C(CCCCCCCCCOc1ccccc1)OC(=O)CCCCCCCCCOc1ccccc1. The molecule has 0 bridgehead atoms. The molecule has 0 aliphatic heterocycles. The van der Waals surface area contributed by atoms with Crippen molar-refractivity contribution in [3.63, 3.8) is 0 Å². The molecular weight excluding hydrogens is 464 g/mol. The summed E-state index contributed by atoms with van der Waals surface area (Å²) in [4.78, 5) is 23.7. The summed E-state index contributed by atoms with van der Waals surface area (Å²) < 4.78 is 16.4. The maximum Gasteiger partial charge on any atom is 0.313 e. The molecule has 0 aliphatic rings. The Labute approximate surface area is 223 Å². The maximum absolute atomic E-state index is 11.9. The van der Waals surface area contributed by atoms with E-state index in [9.17, 15) is 9.59 Å². The van der Waals surface area contributed by atoms with Crippen molar-refractivity contribution in [2.24, 2.45) is 0 Å². The largest absolute Gasteiger partial charge is 0.494 e. The van der Waals surface area contributed by atoms with Gasteiger partial charge in [-0.15, -0.1) is 0 Å². The second kappa shape index (κ2) is 21.3. The van der Waals surface area contributed by atoms with Gasteiger partial charge in [0, 0.05) is 12.8 Å². The van der Waals surface area contributed by atoms with Gasteiger partial charge in [0.1, 0.15) is 11.5 Å². The molecule has 0 atom stereocenters. The lowest BCUT2D eigenvalue weighted by molar-refractivity contribution is -0.159. The zero-order chi connectivity index (χ0) is 26.2. The number of unbranched alkanes of at least 4 members (excludes halogenated alkanes) is 12. The van der Waals surface area contributed by atoms with Gasteiger partial charge in [0.05, 0.1) is 13.2 Å². The Hall–Kier alpha value is -2.82. The second-order valence-electron chi connectivity index (χ2n) is 9.62. The summed E-state index contributed by atoms with van der Waals surface area (Å²) >= 11 is 0. The topological polar surface area (TPSA) is 61.8 Å². The van der Waals surface area contributed by atoms with Crippen molar-refractivity contribution in [1.82, 2.24) is 0 Å². The van der Waals surface area contributed by atoms with Crippen LogP contribution in [0, 0.1) is 0 Å². The van der Waals surface area contributed by atoms with E-state index >= 15 is 0 Å². The summed E-state index contributed by atoms with van der Waals surface area (Å²) in [5, 5.41) is 0. The second-order valence-corrected chi connectivity index (χ2v) is 9.62. The molecule has 0 unspecified atom stereocenters. The van der Waals surface area contributed by atoms with Crippen LogP contribution < -0.4 is 9.47 Å². The number of hydrogen-bond donors (Lipinski definition) is 0. The lowest BCUT2D eigenvalue weighted by Gasteiger charge is -2.06. The maximum atomic E-state index is 11.9. The highest BCUT2D eigenvalue weighted by Crippen LogP contribution is 2.13. The van der Waals surface area contributed by atoms with E-state index in [1.807, 2.05) is 60.7 Å². The number of para-hydroxylation sites is 2. The molecule has 0 saturated carbocycles. The molecule has 0 fully saturated rings. The first-order chi connectivity index (χ1) is 18.2. The van der Waals surface area contributed by atoms with E-state index in [4.69, 9.17) is 14.2 Å². The molecule has 5 heteroatoms. The predicted octanol–water partition coefficient (Wildman–Crippen LogP) is 8.46. The van der Waals surface area contributed by atoms with Crippen LogP contribution in [0.4, 0.5) is 0 Å². The number of ether oxygens (including phenoxy) is 3. The van der Waals surface area contributed by atoms with Gasteiger partial charge in [-0.2, -0.15) is 0 Å². The minimum Gasteiger partial charge on any atom is -0.494 e. The zero-order valence-corrected chi connectivity index (χ0v) is 22.5. The summed E-state index contributed by atoms with van der Waals surface area (Å²) in [6.07, 6.45) is 15.6. The van der Waals surface area contributed by atoms with E-state index in [1.165, 1.54) is 25.7 Å². The van der Waals surface area contributed by atoms with Gasteiger partial charge in [-0.3, -0.25) is 9.59 Å². The van der Waals surface area contributed by atoms with Gasteiger partial charge >= 0.3 is 11.9 Å². The lowest BCUT2D eigenvalue weighted by Crippen LogP contribution is -2.11. The number of hydrogen-bond acceptors (Lipinski definition) is 5. The standard InChI is InChI=1S/C32H46O5/c33-31(25-17-7-3-1-5-9-19-27-35-29-21-13-11-14-22-29)37-32(34)26-18-8-4-2-6-10-20-28-36-30-23-15-12-16-24-30/h11-16,21-24H,1-10,17-20,25-28H2. The molecule has 0 N–H and O–H groups in total. The van der Waals surface area contributed by atoms with Gasteiger partial charge < -0.3 is 14.2 Å². The fraction of sp³-hybridized carbons (Fsp3) is 0.562. The van der Waals surface area contributed by atoms with E-state index < -0.39 is 0 Å². The van der Waals surface area contributed by atoms with Crippen molar-refractivity contribution in [3.8, 4) is 11.5 Å². The molecule has 0 amide bonds. The Balaban J connectivity index is 1.28. The summed E-state index contributed by atoms with van der Waals surface area (Å²) in [7, 11) is 0. The van der Waals surface area contributed by atoms with Crippen LogP contribution in [0.5, 0.6) is 11.5 Å². The molecular formula is C32H46O5. The normalized spacial score (nSPS) is 10.7. The van der Waals surface area contributed by atoms with Crippen molar-refractivity contribution >= 4 is 11.9 Å². The van der Waals surface area contributed by atoms with Gasteiger partial charge in [-0.05, 0) is 49.9 Å². The van der Waals surface area contributed by atoms with Crippen molar-refractivity contribution < 1.29 is 23.8 Å². The third-order valence-electron chi connectivity index (χ3n) is 6.30. The van der Waals surface area contributed by atoms with Gasteiger partial charge in [0.15, 0.2) is 0 Å². The molecule has 0 aliphatic carbocycles. The van der Waals surface area contributed by atoms with Crippen LogP contribution in [0.25, 0.3) is 0 Å². The first-order valence-electron chi connectivity index (χ1n) is 14.3. The minimum absolute atomic E-state index is 0.338. The monoisotopic (exact) mass is 510 g/mol. The van der Waals surface area contributed by atoms with Gasteiger partial charge in [-0.1, -0.05) is 101 Å². The molecule has 2 rings (SSSR count). The van der Waals surface area contributed by atoms with Crippen molar-refractivity contribution in [2.75, 3.05) is 13.2 Å². The van der Waals surface area contributed by atoms with Crippen LogP contribution in [0.15, 0.2) is 60.7 Å². The van der Waals surface area contributed by atoms with Crippen molar-refractivity contribution in [3.05, 3.63) is 60.7 Å². The summed E-state index contributed by atoms with van der Waals surface area (Å²) in [6.45, 7) is 1.52. The van der Waals surface area contributed by atoms with Gasteiger partial charge in [-0.25, -0.2) is 0 Å². The molecule has 0 radical (unpaired) electrons. The molecule has 2 aromatic carbocycles. The summed E-state index contributed by atoms with van der Waals surface area (Å²) in [5.74, 6) is 1.11. The number of esters is 2. The summed E-state index contributed by atoms with van der Waals surface area (Å²) in [5.41, 5.74) is 0. The Morgan fingerprint density at radius 3 is 1.14 bits per heavy atom. The first kappa shape index (κ1) is 30.4. The lowest BCUT2D eigenvalue weighted by atomic mass is 10.1. The third kappa shape index (κ3) is 17.3. The highest BCUT2D eigenvalue weighted by molar-refractivity contribution is 5.85. The van der Waals surface area contributed by atoms with E-state index in [0.717, 1.165) is 88.9 Å². The number of benzene rings is 2. The Kier molecular flexibility index (Phi) is 17.5. The quantitative estimate of drug-likeness (QED) is 0.0903. The van der Waals surface area contributed by atoms with Crippen LogP contribution in [0.2, 0.25) is 0 Å². The van der Waals surface area contributed by atoms with Gasteiger partial charge in [0.25, 0.3) is 0 Å². The van der Waals surface area contributed by atoms with Crippen LogP contribution >= 0.6 is 0 Å². The molecule has 0 spiro atoms. The van der Waals surface area contributed by atoms with E-state index in [0.29, 0.717) is 12.8 Å². The Bertz CT molecular complexity index is 752. The number of rotatable bonds is 22. The van der Waals surface area contributed by atoms with Crippen molar-refractivity contribution in [2.45, 2.75) is 103 Å². The number of carbonyl (C=O) groups excluding carboxylic acids is 2. The van der Waals surface area contributed by atoms with E-state index in [2.05, 4.69) is 0 Å². The van der Waals surface area contributed by atoms with Crippen molar-refractivity contribution in [1.29, 1.82) is 0 Å². The number of carbonyl (C=O) groups is 2. The molecule has 0 aromatic heterocycles. The van der Waals surface area contributed by atoms with Crippen LogP contribution in [0.3, 0.4) is 0 Å². The molecule has 204 valence electrons. The average molecular weight is 511 g/mol. The molecule has 5 nitrogen and oxygen atoms in total. The Morgan fingerprint density at radius 1 is 0.432 bits per heavy atom. The smallest absolute Gasteiger partial charge is 0.313 e. The van der Waals surface area contributed by atoms with Gasteiger partial charge in [0.2, 0.25) is 0 Å². The highest BCUT2D eigenvalue weighted by Gasteiger charge is 2.09. The fourth-order valence-electron chi connectivity index (χ4n) is 4.15. The van der Waals surface area contributed by atoms with Crippen LogP contribution in [-0.4, -0.2) is 25.2 Å². The predicted molar refractivity (Wildman–Crippen MR) is 149 cm³/mol. The molecule has 2 aromatic rings. The van der Waals surface area contributed by atoms with Crippen LogP contribution in [0.1, 0.15) is 103 Å². The first-order valence-corrected chi connectivity index (χ1v) is 14.3. The van der Waals surface area contributed by atoms with E-state index in [-0.39, 0.29) is 11.9 Å². The Morgan fingerprint density at radius 2 is 0.757 bits per heavy atom. The van der Waals surface area contributed by atoms with Crippen LogP contribution in [-0.2, 0) is 14.3 Å².